The molecule has 0 heterocycles. The number of aliphatic carboxylic acids is 1. The standard InChI is InChI=1S/C16H21NO4/c1-3-12(21-13-6-4-5-11(2)9-13)10-17-14(18)16(7-8-16)15(19)20/h4-6,9,12H,3,7-8,10H2,1-2H3,(H,17,18)(H,19,20). The molecule has 21 heavy (non-hydrogen) atoms. The number of hydrogen-bond donors (Lipinski definition) is 2. The topological polar surface area (TPSA) is 75.6 Å². The summed E-state index contributed by atoms with van der Waals surface area (Å²) >= 11 is 0. The van der Waals surface area contributed by atoms with Crippen LogP contribution < -0.4 is 10.1 Å². The van der Waals surface area contributed by atoms with Crippen LogP contribution in [0.2, 0.25) is 0 Å². The highest BCUT2D eigenvalue weighted by molar-refractivity contribution is 6.04. The number of rotatable bonds is 7. The van der Waals surface area contributed by atoms with Crippen LogP contribution in [0.5, 0.6) is 5.75 Å². The molecular formula is C16H21NO4. The number of nitrogens with one attached hydrogen (secondary N) is 1. The molecule has 0 aliphatic heterocycles. The van der Waals surface area contributed by atoms with Crippen molar-refractivity contribution in [3.63, 3.8) is 0 Å². The fourth-order valence-corrected chi connectivity index (χ4v) is 2.19. The summed E-state index contributed by atoms with van der Waals surface area (Å²) < 4.78 is 5.83. The van der Waals surface area contributed by atoms with E-state index >= 15 is 0 Å². The Bertz CT molecular complexity index is 537. The number of hydrogen-bond acceptors (Lipinski definition) is 3. The van der Waals surface area contributed by atoms with Gasteiger partial charge in [-0.15, -0.1) is 0 Å². The quantitative estimate of drug-likeness (QED) is 0.755. The van der Waals surface area contributed by atoms with E-state index in [9.17, 15) is 9.59 Å². The van der Waals surface area contributed by atoms with Gasteiger partial charge < -0.3 is 15.2 Å². The molecule has 1 aliphatic carbocycles. The van der Waals surface area contributed by atoms with E-state index in [1.54, 1.807) is 0 Å². The average Bonchev–Trinajstić information content (AvgIpc) is 3.24. The SMILES string of the molecule is CCC(CNC(=O)C1(C(=O)O)CC1)Oc1cccc(C)c1. The van der Waals surface area contributed by atoms with Gasteiger partial charge in [0.2, 0.25) is 5.91 Å². The van der Waals surface area contributed by atoms with E-state index in [0.717, 1.165) is 17.7 Å². The minimum atomic E-state index is -1.19. The van der Waals surface area contributed by atoms with Crippen LogP contribution >= 0.6 is 0 Å². The summed E-state index contributed by atoms with van der Waals surface area (Å²) in [4.78, 5) is 23.0. The molecule has 0 aromatic heterocycles. The van der Waals surface area contributed by atoms with Crippen molar-refractivity contribution in [2.24, 2.45) is 5.41 Å². The summed E-state index contributed by atoms with van der Waals surface area (Å²) in [6.45, 7) is 4.27. The molecule has 5 nitrogen and oxygen atoms in total. The van der Waals surface area contributed by atoms with Gasteiger partial charge >= 0.3 is 5.97 Å². The highest BCUT2D eigenvalue weighted by Crippen LogP contribution is 2.46. The zero-order chi connectivity index (χ0) is 15.5. The van der Waals surface area contributed by atoms with E-state index in [1.807, 2.05) is 38.1 Å². The van der Waals surface area contributed by atoms with Crippen molar-refractivity contribution in [3.05, 3.63) is 29.8 Å². The third kappa shape index (κ3) is 3.54. The van der Waals surface area contributed by atoms with Crippen LogP contribution in [0.25, 0.3) is 0 Å². The summed E-state index contributed by atoms with van der Waals surface area (Å²) in [6, 6.07) is 7.71. The predicted octanol–water partition coefficient (Wildman–Crippen LogP) is 2.13. The number of aryl methyl sites for hydroxylation is 1. The lowest BCUT2D eigenvalue weighted by Crippen LogP contribution is -2.41. The van der Waals surface area contributed by atoms with Crippen LogP contribution in [0, 0.1) is 12.3 Å². The van der Waals surface area contributed by atoms with Crippen LogP contribution in [-0.4, -0.2) is 29.6 Å². The van der Waals surface area contributed by atoms with Gasteiger partial charge in [0, 0.05) is 0 Å². The Hall–Kier alpha value is -2.04. The van der Waals surface area contributed by atoms with E-state index in [-0.39, 0.29) is 6.10 Å². The van der Waals surface area contributed by atoms with Crippen molar-refractivity contribution in [1.82, 2.24) is 5.32 Å². The first-order valence-corrected chi connectivity index (χ1v) is 7.23. The number of carboxylic acid groups (broad SMARTS) is 1. The van der Waals surface area contributed by atoms with Crippen LogP contribution in [-0.2, 0) is 9.59 Å². The van der Waals surface area contributed by atoms with Crippen LogP contribution in [0.15, 0.2) is 24.3 Å². The van der Waals surface area contributed by atoms with Gasteiger partial charge in [0.15, 0.2) is 0 Å². The third-order valence-electron chi connectivity index (χ3n) is 3.83. The number of carbonyl (C=O) groups is 2. The van der Waals surface area contributed by atoms with Gasteiger partial charge in [-0.2, -0.15) is 0 Å². The van der Waals surface area contributed by atoms with Gasteiger partial charge in [-0.05, 0) is 43.9 Å². The Morgan fingerprint density at radius 2 is 2.14 bits per heavy atom. The molecule has 0 bridgehead atoms. The molecule has 1 atom stereocenters. The molecule has 1 saturated carbocycles. The molecule has 1 aliphatic rings. The fourth-order valence-electron chi connectivity index (χ4n) is 2.19. The van der Waals surface area contributed by atoms with Gasteiger partial charge in [-0.25, -0.2) is 0 Å². The summed E-state index contributed by atoms with van der Waals surface area (Å²) in [7, 11) is 0. The normalized spacial score (nSPS) is 16.9. The molecule has 1 aromatic carbocycles. The van der Waals surface area contributed by atoms with Gasteiger partial charge in [0.05, 0.1) is 6.54 Å². The highest BCUT2D eigenvalue weighted by Gasteiger charge is 2.57. The van der Waals surface area contributed by atoms with Crippen molar-refractivity contribution >= 4 is 11.9 Å². The molecule has 1 fully saturated rings. The van der Waals surface area contributed by atoms with Gasteiger partial charge in [-0.1, -0.05) is 19.1 Å². The maximum absolute atomic E-state index is 11.9. The molecule has 114 valence electrons. The Morgan fingerprint density at radius 3 is 2.67 bits per heavy atom. The monoisotopic (exact) mass is 291 g/mol. The van der Waals surface area contributed by atoms with E-state index in [2.05, 4.69) is 5.32 Å². The van der Waals surface area contributed by atoms with Crippen molar-refractivity contribution in [3.8, 4) is 5.75 Å². The summed E-state index contributed by atoms with van der Waals surface area (Å²) in [5.74, 6) is -0.676. The maximum atomic E-state index is 11.9. The minimum absolute atomic E-state index is 0.166. The second kappa shape index (κ2) is 6.16. The first-order chi connectivity index (χ1) is 9.98. The summed E-state index contributed by atoms with van der Waals surface area (Å²) in [6.07, 6.45) is 1.40. The second-order valence-electron chi connectivity index (χ2n) is 5.56. The molecule has 0 radical (unpaired) electrons. The molecule has 0 saturated heterocycles. The zero-order valence-electron chi connectivity index (χ0n) is 12.4. The maximum Gasteiger partial charge on any atom is 0.319 e. The molecule has 2 rings (SSSR count). The third-order valence-corrected chi connectivity index (χ3v) is 3.83. The van der Waals surface area contributed by atoms with E-state index in [4.69, 9.17) is 9.84 Å². The molecule has 0 spiro atoms. The fraction of sp³-hybridized carbons (Fsp3) is 0.500. The number of ether oxygens (including phenoxy) is 1. The zero-order valence-corrected chi connectivity index (χ0v) is 12.4. The first kappa shape index (κ1) is 15.4. The van der Waals surface area contributed by atoms with Crippen molar-refractivity contribution in [1.29, 1.82) is 0 Å². The Labute approximate surface area is 124 Å². The molecule has 1 aromatic rings. The average molecular weight is 291 g/mol. The summed E-state index contributed by atoms with van der Waals surface area (Å²) in [5, 5.41) is 11.8. The van der Waals surface area contributed by atoms with Crippen molar-refractivity contribution in [2.45, 2.75) is 39.2 Å². The largest absolute Gasteiger partial charge is 0.489 e. The van der Waals surface area contributed by atoms with E-state index in [1.165, 1.54) is 0 Å². The molecule has 1 amide bonds. The van der Waals surface area contributed by atoms with Crippen LogP contribution in [0.4, 0.5) is 0 Å². The number of carbonyl (C=O) groups excluding carboxylic acids is 1. The lowest BCUT2D eigenvalue weighted by Gasteiger charge is -2.19. The number of carboxylic acids is 1. The number of benzene rings is 1. The summed E-state index contributed by atoms with van der Waals surface area (Å²) in [5.41, 5.74) is -0.0871. The lowest BCUT2D eigenvalue weighted by molar-refractivity contribution is -0.149. The second-order valence-corrected chi connectivity index (χ2v) is 5.56. The smallest absolute Gasteiger partial charge is 0.319 e. The van der Waals surface area contributed by atoms with Gasteiger partial charge in [0.1, 0.15) is 17.3 Å². The predicted molar refractivity (Wildman–Crippen MR) is 78.2 cm³/mol. The Kier molecular flexibility index (Phi) is 4.50. The first-order valence-electron chi connectivity index (χ1n) is 7.23. The molecule has 2 N–H and O–H groups in total. The minimum Gasteiger partial charge on any atom is -0.489 e. The van der Waals surface area contributed by atoms with Crippen LogP contribution in [0.3, 0.4) is 0 Å². The Balaban J connectivity index is 1.88. The number of amides is 1. The lowest BCUT2D eigenvalue weighted by atomic mass is 10.1. The van der Waals surface area contributed by atoms with Crippen molar-refractivity contribution < 1.29 is 19.4 Å². The van der Waals surface area contributed by atoms with Crippen LogP contribution in [0.1, 0.15) is 31.7 Å². The highest BCUT2D eigenvalue weighted by atomic mass is 16.5. The van der Waals surface area contributed by atoms with E-state index in [0.29, 0.717) is 19.4 Å². The Morgan fingerprint density at radius 1 is 1.43 bits per heavy atom. The van der Waals surface area contributed by atoms with Gasteiger partial charge in [-0.3, -0.25) is 9.59 Å². The van der Waals surface area contributed by atoms with E-state index < -0.39 is 17.3 Å². The molecule has 5 heteroatoms. The molecular weight excluding hydrogens is 270 g/mol. The molecule has 1 unspecified atom stereocenters. The van der Waals surface area contributed by atoms with Gasteiger partial charge in [0.25, 0.3) is 0 Å². The van der Waals surface area contributed by atoms with Crippen molar-refractivity contribution in [2.75, 3.05) is 6.54 Å².